The minimum Gasteiger partial charge on any atom is -0.490 e. The van der Waals surface area contributed by atoms with Crippen LogP contribution in [0.1, 0.15) is 25.3 Å². The average molecular weight is 383 g/mol. The van der Waals surface area contributed by atoms with Crippen molar-refractivity contribution in [2.45, 2.75) is 32.4 Å². The molecule has 1 amide bonds. The van der Waals surface area contributed by atoms with Crippen LogP contribution >= 0.6 is 0 Å². The van der Waals surface area contributed by atoms with Gasteiger partial charge in [-0.1, -0.05) is 42.5 Å². The Hall–Kier alpha value is -2.53. The lowest BCUT2D eigenvalue weighted by Crippen LogP contribution is -2.44. The van der Waals surface area contributed by atoms with Gasteiger partial charge in [-0.2, -0.15) is 0 Å². The van der Waals surface area contributed by atoms with Crippen molar-refractivity contribution in [2.75, 3.05) is 33.3 Å². The number of para-hydroxylation sites is 2. The maximum Gasteiger partial charge on any atom is 0.236 e. The van der Waals surface area contributed by atoms with Gasteiger partial charge in [-0.15, -0.1) is 0 Å². The van der Waals surface area contributed by atoms with Gasteiger partial charge in [0.05, 0.1) is 13.2 Å². The third-order valence-corrected chi connectivity index (χ3v) is 5.02. The number of benzene rings is 2. The number of ether oxygens (including phenoxy) is 2. The molecule has 0 unspecified atom stereocenters. The molecule has 5 nitrogen and oxygen atoms in total. The Bertz CT molecular complexity index is 743. The van der Waals surface area contributed by atoms with E-state index in [4.69, 9.17) is 9.47 Å². The lowest BCUT2D eigenvalue weighted by Gasteiger charge is -2.33. The highest BCUT2D eigenvalue weighted by atomic mass is 16.5. The molecular formula is C23H30N2O3. The lowest BCUT2D eigenvalue weighted by atomic mass is 10.1. The van der Waals surface area contributed by atoms with Gasteiger partial charge in [-0.05, 0) is 37.5 Å². The molecule has 5 heteroatoms. The second kappa shape index (κ2) is 10.1. The Kier molecular flexibility index (Phi) is 7.31. The van der Waals surface area contributed by atoms with Gasteiger partial charge in [-0.25, -0.2) is 0 Å². The summed E-state index contributed by atoms with van der Waals surface area (Å²) in [6, 6.07) is 17.9. The summed E-state index contributed by atoms with van der Waals surface area (Å²) in [5.41, 5.74) is 1.15. The van der Waals surface area contributed by atoms with Gasteiger partial charge in [0.1, 0.15) is 6.10 Å². The monoisotopic (exact) mass is 382 g/mol. The van der Waals surface area contributed by atoms with Gasteiger partial charge in [0.2, 0.25) is 5.91 Å². The summed E-state index contributed by atoms with van der Waals surface area (Å²) in [5, 5.41) is 0. The number of hydrogen-bond acceptors (Lipinski definition) is 4. The van der Waals surface area contributed by atoms with E-state index in [2.05, 4.69) is 4.90 Å². The first kappa shape index (κ1) is 20.2. The molecule has 1 aliphatic heterocycles. The van der Waals surface area contributed by atoms with Crippen molar-refractivity contribution in [1.82, 2.24) is 9.80 Å². The van der Waals surface area contributed by atoms with E-state index < -0.39 is 0 Å². The highest BCUT2D eigenvalue weighted by molar-refractivity contribution is 5.78. The molecular weight excluding hydrogens is 352 g/mol. The molecule has 1 heterocycles. The molecule has 0 aliphatic carbocycles. The first-order valence-corrected chi connectivity index (χ1v) is 10.0. The lowest BCUT2D eigenvalue weighted by molar-refractivity contribution is -0.132. The van der Waals surface area contributed by atoms with Crippen molar-refractivity contribution in [3.05, 3.63) is 60.2 Å². The Labute approximate surface area is 167 Å². The Balaban J connectivity index is 1.44. The highest BCUT2D eigenvalue weighted by Crippen LogP contribution is 2.29. The van der Waals surface area contributed by atoms with E-state index in [0.29, 0.717) is 19.7 Å². The topological polar surface area (TPSA) is 42.0 Å². The van der Waals surface area contributed by atoms with E-state index in [1.54, 1.807) is 4.90 Å². The number of piperidine rings is 1. The largest absolute Gasteiger partial charge is 0.490 e. The SMILES string of the molecule is CCOc1ccccc1OC1CCN(CC(=O)N(C)Cc2ccccc2)CC1. The minimum absolute atomic E-state index is 0.157. The maximum atomic E-state index is 12.5. The molecule has 1 saturated heterocycles. The number of carbonyl (C=O) groups excluding carboxylic acids is 1. The zero-order chi connectivity index (χ0) is 19.8. The van der Waals surface area contributed by atoms with Gasteiger partial charge < -0.3 is 14.4 Å². The second-order valence-electron chi connectivity index (χ2n) is 7.21. The number of nitrogens with zero attached hydrogens (tertiary/aromatic N) is 2. The van der Waals surface area contributed by atoms with Crippen molar-refractivity contribution in [3.63, 3.8) is 0 Å². The third kappa shape index (κ3) is 5.73. The van der Waals surface area contributed by atoms with E-state index >= 15 is 0 Å². The van der Waals surface area contributed by atoms with Crippen molar-refractivity contribution < 1.29 is 14.3 Å². The molecule has 0 N–H and O–H groups in total. The van der Waals surface area contributed by atoms with Crippen LogP contribution in [0.25, 0.3) is 0 Å². The molecule has 2 aromatic rings. The van der Waals surface area contributed by atoms with Crippen LogP contribution in [-0.2, 0) is 11.3 Å². The predicted octanol–water partition coefficient (Wildman–Crippen LogP) is 3.59. The van der Waals surface area contributed by atoms with Gasteiger partial charge in [0.25, 0.3) is 0 Å². The average Bonchev–Trinajstić information content (AvgIpc) is 2.72. The highest BCUT2D eigenvalue weighted by Gasteiger charge is 2.24. The van der Waals surface area contributed by atoms with Crippen LogP contribution in [-0.4, -0.2) is 55.1 Å². The number of likely N-dealkylation sites (N-methyl/N-ethyl adjacent to an activating group) is 1. The summed E-state index contributed by atoms with van der Waals surface area (Å²) in [4.78, 5) is 16.6. The molecule has 1 fully saturated rings. The molecule has 0 saturated carbocycles. The summed E-state index contributed by atoms with van der Waals surface area (Å²) in [6.45, 7) is 5.44. The molecule has 0 radical (unpaired) electrons. The van der Waals surface area contributed by atoms with E-state index in [1.807, 2.05) is 68.6 Å². The molecule has 0 bridgehead atoms. The first-order chi connectivity index (χ1) is 13.7. The number of rotatable bonds is 8. The third-order valence-electron chi connectivity index (χ3n) is 5.02. The molecule has 3 rings (SSSR count). The van der Waals surface area contributed by atoms with Crippen LogP contribution in [0.3, 0.4) is 0 Å². The van der Waals surface area contributed by atoms with Crippen LogP contribution < -0.4 is 9.47 Å². The zero-order valence-electron chi connectivity index (χ0n) is 16.8. The fourth-order valence-electron chi connectivity index (χ4n) is 3.44. The van der Waals surface area contributed by atoms with Crippen LogP contribution in [0.15, 0.2) is 54.6 Å². The predicted molar refractivity (Wildman–Crippen MR) is 111 cm³/mol. The Morgan fingerprint density at radius 2 is 1.68 bits per heavy atom. The smallest absolute Gasteiger partial charge is 0.236 e. The van der Waals surface area contributed by atoms with E-state index in [9.17, 15) is 4.79 Å². The molecule has 0 atom stereocenters. The summed E-state index contributed by atoms with van der Waals surface area (Å²) in [6.07, 6.45) is 1.99. The fourth-order valence-corrected chi connectivity index (χ4v) is 3.44. The zero-order valence-corrected chi connectivity index (χ0v) is 16.8. The van der Waals surface area contributed by atoms with Crippen LogP contribution in [0.5, 0.6) is 11.5 Å². The van der Waals surface area contributed by atoms with Gasteiger partial charge >= 0.3 is 0 Å². The molecule has 0 aromatic heterocycles. The molecule has 28 heavy (non-hydrogen) atoms. The quantitative estimate of drug-likeness (QED) is 0.700. The van der Waals surface area contributed by atoms with Gasteiger partial charge in [0.15, 0.2) is 11.5 Å². The maximum absolute atomic E-state index is 12.5. The Morgan fingerprint density at radius 1 is 1.04 bits per heavy atom. The molecule has 0 spiro atoms. The van der Waals surface area contributed by atoms with Crippen molar-refractivity contribution in [1.29, 1.82) is 0 Å². The van der Waals surface area contributed by atoms with Gasteiger partial charge in [-0.3, -0.25) is 9.69 Å². The number of hydrogen-bond donors (Lipinski definition) is 0. The van der Waals surface area contributed by atoms with Crippen LogP contribution in [0.2, 0.25) is 0 Å². The van der Waals surface area contributed by atoms with Crippen molar-refractivity contribution in [2.24, 2.45) is 0 Å². The molecule has 150 valence electrons. The van der Waals surface area contributed by atoms with Crippen LogP contribution in [0, 0.1) is 0 Å². The van der Waals surface area contributed by atoms with Crippen LogP contribution in [0.4, 0.5) is 0 Å². The number of amides is 1. The minimum atomic E-state index is 0.157. The molecule has 2 aromatic carbocycles. The number of carbonyl (C=O) groups is 1. The van der Waals surface area contributed by atoms with Crippen molar-refractivity contribution in [3.8, 4) is 11.5 Å². The van der Waals surface area contributed by atoms with Crippen molar-refractivity contribution >= 4 is 5.91 Å². The number of likely N-dealkylation sites (tertiary alicyclic amines) is 1. The summed E-state index contributed by atoms with van der Waals surface area (Å²) < 4.78 is 11.8. The summed E-state index contributed by atoms with van der Waals surface area (Å²) >= 11 is 0. The standard InChI is InChI=1S/C23H30N2O3/c1-3-27-21-11-7-8-12-22(21)28-20-13-15-25(16-14-20)18-23(26)24(2)17-19-9-5-4-6-10-19/h4-12,20H,3,13-18H2,1-2H3. The summed E-state index contributed by atoms with van der Waals surface area (Å²) in [7, 11) is 1.87. The normalized spacial score (nSPS) is 15.2. The van der Waals surface area contributed by atoms with E-state index in [-0.39, 0.29) is 12.0 Å². The summed E-state index contributed by atoms with van der Waals surface area (Å²) in [5.74, 6) is 1.76. The first-order valence-electron chi connectivity index (χ1n) is 10.0. The fraction of sp³-hybridized carbons (Fsp3) is 0.435. The van der Waals surface area contributed by atoms with Gasteiger partial charge in [0, 0.05) is 26.7 Å². The van der Waals surface area contributed by atoms with E-state index in [1.165, 1.54) is 0 Å². The second-order valence-corrected chi connectivity index (χ2v) is 7.21. The molecule has 1 aliphatic rings. The Morgan fingerprint density at radius 3 is 2.36 bits per heavy atom. The van der Waals surface area contributed by atoms with E-state index in [0.717, 1.165) is 43.0 Å².